The zero-order chi connectivity index (χ0) is 27.2. The molecule has 188 valence electrons. The number of terminal acetylenes is 1. The van der Waals surface area contributed by atoms with Crippen LogP contribution in [0.3, 0.4) is 0 Å². The van der Waals surface area contributed by atoms with Gasteiger partial charge >= 0.3 is 0 Å². The molecular formula is C33H45NS. The predicted octanol–water partition coefficient (Wildman–Crippen LogP) is 10.1. The lowest BCUT2D eigenvalue weighted by molar-refractivity contribution is 0.909. The summed E-state index contributed by atoms with van der Waals surface area (Å²) in [7, 11) is 0. The molecule has 0 aliphatic heterocycles. The van der Waals surface area contributed by atoms with Gasteiger partial charge in [0, 0.05) is 22.6 Å². The van der Waals surface area contributed by atoms with Crippen LogP contribution >= 0.6 is 11.8 Å². The smallest absolute Gasteiger partial charge is 0.0372 e. The van der Waals surface area contributed by atoms with E-state index in [0.29, 0.717) is 0 Å². The van der Waals surface area contributed by atoms with Crippen LogP contribution in [0.2, 0.25) is 0 Å². The molecular weight excluding hydrogens is 442 g/mol. The minimum atomic E-state index is 0.992. The summed E-state index contributed by atoms with van der Waals surface area (Å²) in [6, 6.07) is 6.50. The van der Waals surface area contributed by atoms with Crippen molar-refractivity contribution in [2.75, 3.05) is 5.75 Å². The van der Waals surface area contributed by atoms with Gasteiger partial charge in [-0.15, -0.1) is 37.8 Å². The Morgan fingerprint density at radius 2 is 1.66 bits per heavy atom. The Kier molecular flexibility index (Phi) is 21.0. The molecule has 1 nitrogen and oxygen atoms in total. The number of aryl methyl sites for hydroxylation is 3. The summed E-state index contributed by atoms with van der Waals surface area (Å²) in [4.78, 5) is 5.42. The van der Waals surface area contributed by atoms with Gasteiger partial charge in [-0.3, -0.25) is 4.99 Å². The zero-order valence-corrected chi connectivity index (χ0v) is 23.8. The van der Waals surface area contributed by atoms with Gasteiger partial charge in [-0.1, -0.05) is 71.9 Å². The van der Waals surface area contributed by atoms with E-state index in [2.05, 4.69) is 115 Å². The van der Waals surface area contributed by atoms with E-state index in [1.165, 1.54) is 46.3 Å². The molecule has 1 aliphatic carbocycles. The van der Waals surface area contributed by atoms with Crippen molar-refractivity contribution in [2.24, 2.45) is 4.99 Å². The fourth-order valence-electron chi connectivity index (χ4n) is 2.85. The highest BCUT2D eigenvalue weighted by Crippen LogP contribution is 2.28. The van der Waals surface area contributed by atoms with E-state index in [4.69, 9.17) is 0 Å². The number of allylic oxidation sites excluding steroid dienone is 8. The van der Waals surface area contributed by atoms with Crippen LogP contribution in [-0.2, 0) is 0 Å². The third-order valence-corrected chi connectivity index (χ3v) is 6.20. The van der Waals surface area contributed by atoms with Crippen LogP contribution in [0.4, 0.5) is 0 Å². The Balaban J connectivity index is 0. The largest absolute Gasteiger partial charge is 0.262 e. The first kappa shape index (κ1) is 34.1. The minimum Gasteiger partial charge on any atom is -0.262 e. The quantitative estimate of drug-likeness (QED) is 0.161. The van der Waals surface area contributed by atoms with Crippen LogP contribution in [-0.4, -0.2) is 11.5 Å². The summed E-state index contributed by atoms with van der Waals surface area (Å²) in [5, 5.41) is 0. The molecule has 0 N–H and O–H groups in total. The lowest BCUT2D eigenvalue weighted by Gasteiger charge is -2.13. The second-order valence-corrected chi connectivity index (χ2v) is 9.04. The van der Waals surface area contributed by atoms with Crippen molar-refractivity contribution >= 4 is 17.5 Å². The molecule has 2 heteroatoms. The Morgan fingerprint density at radius 1 is 1.00 bits per heavy atom. The van der Waals surface area contributed by atoms with E-state index in [9.17, 15) is 0 Å². The molecule has 0 amide bonds. The van der Waals surface area contributed by atoms with Crippen LogP contribution in [0, 0.1) is 33.6 Å². The molecule has 1 aromatic carbocycles. The number of rotatable bonds is 7. The van der Waals surface area contributed by atoms with Crippen LogP contribution in [0.25, 0.3) is 0 Å². The molecule has 2 rings (SSSR count). The summed E-state index contributed by atoms with van der Waals surface area (Å²) in [6.07, 6.45) is 24.8. The van der Waals surface area contributed by atoms with Crippen LogP contribution in [0.15, 0.2) is 107 Å². The summed E-state index contributed by atoms with van der Waals surface area (Å²) in [5.74, 6) is 1.03. The first-order valence-corrected chi connectivity index (χ1v) is 12.8. The third-order valence-electron chi connectivity index (χ3n) is 5.10. The molecule has 1 aliphatic rings. The molecule has 0 saturated carbocycles. The second kappa shape index (κ2) is 21.5. The summed E-state index contributed by atoms with van der Waals surface area (Å²) < 4.78 is 0. The topological polar surface area (TPSA) is 12.4 Å². The normalized spacial score (nSPS) is 13.4. The maximum Gasteiger partial charge on any atom is 0.0372 e. The van der Waals surface area contributed by atoms with Crippen molar-refractivity contribution in [3.63, 3.8) is 0 Å². The number of aliphatic imine (C=N–C) groups is 1. The lowest BCUT2D eigenvalue weighted by Crippen LogP contribution is -1.95. The average molecular weight is 488 g/mol. The number of hydrogen-bond acceptors (Lipinski definition) is 2. The summed E-state index contributed by atoms with van der Waals surface area (Å²) >= 11 is 1.82. The van der Waals surface area contributed by atoms with Gasteiger partial charge in [0.1, 0.15) is 0 Å². The van der Waals surface area contributed by atoms with Gasteiger partial charge in [0.2, 0.25) is 0 Å². The molecule has 0 aromatic heterocycles. The van der Waals surface area contributed by atoms with E-state index in [1.54, 1.807) is 0 Å². The molecule has 0 bridgehead atoms. The van der Waals surface area contributed by atoms with Crippen LogP contribution in [0.1, 0.15) is 57.2 Å². The number of thioether (sulfide) groups is 1. The molecule has 1 aromatic rings. The van der Waals surface area contributed by atoms with E-state index in [1.807, 2.05) is 44.0 Å². The third kappa shape index (κ3) is 16.3. The van der Waals surface area contributed by atoms with Crippen molar-refractivity contribution in [2.45, 2.75) is 61.3 Å². The Hall–Kier alpha value is -3.02. The van der Waals surface area contributed by atoms with E-state index >= 15 is 0 Å². The summed E-state index contributed by atoms with van der Waals surface area (Å²) in [6.45, 7) is 24.8. The molecule has 35 heavy (non-hydrogen) atoms. The van der Waals surface area contributed by atoms with Crippen LogP contribution in [0.5, 0.6) is 0 Å². The zero-order valence-electron chi connectivity index (χ0n) is 23.0. The average Bonchev–Trinajstić information content (AvgIpc) is 2.88. The van der Waals surface area contributed by atoms with Crippen molar-refractivity contribution in [1.82, 2.24) is 0 Å². The monoisotopic (exact) mass is 487 g/mol. The number of nitrogens with zero attached hydrogens (tertiary/aromatic N) is 1. The first-order chi connectivity index (χ1) is 16.8. The standard InChI is InChI=1S/C20H27NS.C9H12.C2H4.C2H2/c1-6-14-21-17(4)10-13-20(7-2)18(5)22-15-19-11-8-16(3)9-12-19;1-7-4-5-8(2)9(3)6-7;2*1-2/h6-8,10-11,13-14H,5,9,12,15H2,1-4H3;4-6H,1-3H3;1-2H2;1-2H/b13-10-,14-6-,20-7+,21-17-;;;. The maximum absolute atomic E-state index is 4.30. The van der Waals surface area contributed by atoms with Gasteiger partial charge in [-0.05, 0) is 84.1 Å². The highest BCUT2D eigenvalue weighted by molar-refractivity contribution is 8.03. The maximum atomic E-state index is 4.30. The van der Waals surface area contributed by atoms with Gasteiger partial charge in [-0.25, -0.2) is 0 Å². The summed E-state index contributed by atoms with van der Waals surface area (Å²) in [5.41, 5.74) is 9.24. The molecule has 0 atom stereocenters. The number of hydrogen-bond donors (Lipinski definition) is 0. The van der Waals surface area contributed by atoms with Crippen molar-refractivity contribution < 1.29 is 0 Å². The second-order valence-electron chi connectivity index (χ2n) is 7.97. The highest BCUT2D eigenvalue weighted by Gasteiger charge is 2.06. The van der Waals surface area contributed by atoms with E-state index in [-0.39, 0.29) is 0 Å². The Morgan fingerprint density at radius 3 is 2.14 bits per heavy atom. The minimum absolute atomic E-state index is 0.992. The lowest BCUT2D eigenvalue weighted by atomic mass is 10.0. The highest BCUT2D eigenvalue weighted by atomic mass is 32.2. The number of benzene rings is 1. The van der Waals surface area contributed by atoms with Gasteiger partial charge in [-0.2, -0.15) is 0 Å². The Bertz CT molecular complexity index is 978. The first-order valence-electron chi connectivity index (χ1n) is 11.8. The molecule has 0 spiro atoms. The Labute approximate surface area is 220 Å². The predicted molar refractivity (Wildman–Crippen MR) is 165 cm³/mol. The molecule has 0 radical (unpaired) electrons. The molecule has 0 heterocycles. The van der Waals surface area contributed by atoms with E-state index in [0.717, 1.165) is 16.4 Å². The molecule has 0 saturated heterocycles. The van der Waals surface area contributed by atoms with Crippen molar-refractivity contribution in [3.05, 3.63) is 119 Å². The fraction of sp³-hybridized carbons (Fsp3) is 0.303. The molecule has 0 unspecified atom stereocenters. The van der Waals surface area contributed by atoms with Gasteiger partial charge in [0.25, 0.3) is 0 Å². The SMILES string of the molecule is C#C.C=C.C=C(SCC1=CC=C(C)CC1)C(/C=C\C(C)=N/C=C\C)=C/C.Cc1ccc(C)c(C)c1. The fourth-order valence-corrected chi connectivity index (χ4v) is 3.81. The van der Waals surface area contributed by atoms with Gasteiger partial charge in [0.15, 0.2) is 0 Å². The van der Waals surface area contributed by atoms with Crippen LogP contribution < -0.4 is 0 Å². The van der Waals surface area contributed by atoms with Crippen molar-refractivity contribution in [1.29, 1.82) is 0 Å². The molecule has 0 fully saturated rings. The van der Waals surface area contributed by atoms with Gasteiger partial charge < -0.3 is 0 Å². The van der Waals surface area contributed by atoms with Crippen molar-refractivity contribution in [3.8, 4) is 12.8 Å². The van der Waals surface area contributed by atoms with Gasteiger partial charge in [0.05, 0.1) is 0 Å². The van der Waals surface area contributed by atoms with E-state index < -0.39 is 0 Å².